The van der Waals surface area contributed by atoms with Crippen molar-refractivity contribution in [3.63, 3.8) is 0 Å². The SMILES string of the molecule is CCOC(=O)c1ccc(N(CC)CC(=O)N(C)C)c(N)c1. The Labute approximate surface area is 125 Å². The molecule has 0 radical (unpaired) electrons. The second kappa shape index (κ2) is 7.52. The lowest BCUT2D eigenvalue weighted by Crippen LogP contribution is -2.36. The van der Waals surface area contributed by atoms with Crippen molar-refractivity contribution in [2.24, 2.45) is 0 Å². The van der Waals surface area contributed by atoms with Gasteiger partial charge in [0.05, 0.1) is 30.1 Å². The molecule has 116 valence electrons. The number of hydrogen-bond donors (Lipinski definition) is 1. The van der Waals surface area contributed by atoms with E-state index in [1.165, 1.54) is 4.90 Å². The van der Waals surface area contributed by atoms with Gasteiger partial charge in [-0.2, -0.15) is 0 Å². The normalized spacial score (nSPS) is 10.1. The molecule has 1 amide bonds. The molecule has 6 nitrogen and oxygen atoms in total. The summed E-state index contributed by atoms with van der Waals surface area (Å²) in [7, 11) is 3.42. The Morgan fingerprint density at radius 1 is 1.24 bits per heavy atom. The second-order valence-electron chi connectivity index (χ2n) is 4.80. The van der Waals surface area contributed by atoms with Crippen molar-refractivity contribution in [3.8, 4) is 0 Å². The first-order valence-electron chi connectivity index (χ1n) is 6.92. The molecular weight excluding hydrogens is 270 g/mol. The smallest absolute Gasteiger partial charge is 0.338 e. The van der Waals surface area contributed by atoms with Crippen LogP contribution in [0.2, 0.25) is 0 Å². The summed E-state index contributed by atoms with van der Waals surface area (Å²) in [5.74, 6) is -0.408. The molecule has 0 heterocycles. The largest absolute Gasteiger partial charge is 0.462 e. The van der Waals surface area contributed by atoms with Gasteiger partial charge >= 0.3 is 5.97 Å². The van der Waals surface area contributed by atoms with Gasteiger partial charge < -0.3 is 20.3 Å². The summed E-state index contributed by atoms with van der Waals surface area (Å²) >= 11 is 0. The number of likely N-dealkylation sites (N-methyl/N-ethyl adjacent to an activating group) is 2. The maximum Gasteiger partial charge on any atom is 0.338 e. The van der Waals surface area contributed by atoms with Gasteiger partial charge in [0.1, 0.15) is 0 Å². The van der Waals surface area contributed by atoms with E-state index in [-0.39, 0.29) is 12.5 Å². The molecular formula is C15H23N3O3. The molecule has 0 aromatic heterocycles. The molecule has 1 aromatic rings. The lowest BCUT2D eigenvalue weighted by atomic mass is 10.1. The van der Waals surface area contributed by atoms with Gasteiger partial charge in [-0.15, -0.1) is 0 Å². The van der Waals surface area contributed by atoms with Gasteiger partial charge in [0, 0.05) is 20.6 Å². The maximum absolute atomic E-state index is 11.8. The third-order valence-corrected chi connectivity index (χ3v) is 3.09. The number of benzene rings is 1. The van der Waals surface area contributed by atoms with Crippen LogP contribution < -0.4 is 10.6 Å². The Morgan fingerprint density at radius 2 is 1.90 bits per heavy atom. The Balaban J connectivity index is 2.96. The molecule has 0 aliphatic heterocycles. The Morgan fingerprint density at radius 3 is 2.38 bits per heavy atom. The highest BCUT2D eigenvalue weighted by Gasteiger charge is 2.15. The quantitative estimate of drug-likeness (QED) is 0.633. The van der Waals surface area contributed by atoms with Crippen LogP contribution >= 0.6 is 0 Å². The van der Waals surface area contributed by atoms with E-state index in [9.17, 15) is 9.59 Å². The number of anilines is 2. The third kappa shape index (κ3) is 4.37. The maximum atomic E-state index is 11.8. The minimum absolute atomic E-state index is 0.00859. The lowest BCUT2D eigenvalue weighted by Gasteiger charge is -2.25. The third-order valence-electron chi connectivity index (χ3n) is 3.09. The molecule has 0 atom stereocenters. The van der Waals surface area contributed by atoms with Crippen molar-refractivity contribution >= 4 is 23.3 Å². The Kier molecular flexibility index (Phi) is 6.02. The van der Waals surface area contributed by atoms with E-state index in [2.05, 4.69) is 0 Å². The van der Waals surface area contributed by atoms with E-state index in [4.69, 9.17) is 10.5 Å². The molecule has 0 unspecified atom stereocenters. The predicted octanol–water partition coefficient (Wildman–Crippen LogP) is 1.36. The molecule has 0 saturated carbocycles. The zero-order valence-corrected chi connectivity index (χ0v) is 13.0. The fourth-order valence-corrected chi connectivity index (χ4v) is 1.86. The van der Waals surface area contributed by atoms with Crippen molar-refractivity contribution in [2.75, 3.05) is 44.4 Å². The highest BCUT2D eigenvalue weighted by molar-refractivity contribution is 5.92. The first-order valence-corrected chi connectivity index (χ1v) is 6.92. The van der Waals surface area contributed by atoms with Gasteiger partial charge in [-0.05, 0) is 32.0 Å². The summed E-state index contributed by atoms with van der Waals surface area (Å²) in [6, 6.07) is 4.98. The molecule has 0 fully saturated rings. The summed E-state index contributed by atoms with van der Waals surface area (Å²) in [5.41, 5.74) is 7.61. The number of nitrogens with zero attached hydrogens (tertiary/aromatic N) is 2. The summed E-state index contributed by atoms with van der Waals surface area (Å²) in [6.07, 6.45) is 0. The number of esters is 1. The number of carbonyl (C=O) groups is 2. The zero-order valence-electron chi connectivity index (χ0n) is 13.0. The monoisotopic (exact) mass is 293 g/mol. The molecule has 0 aliphatic rings. The second-order valence-corrected chi connectivity index (χ2v) is 4.80. The Hall–Kier alpha value is -2.24. The number of nitrogen functional groups attached to an aromatic ring is 1. The van der Waals surface area contributed by atoms with Crippen LogP contribution in [0.1, 0.15) is 24.2 Å². The number of hydrogen-bond acceptors (Lipinski definition) is 5. The molecule has 0 saturated heterocycles. The fraction of sp³-hybridized carbons (Fsp3) is 0.467. The van der Waals surface area contributed by atoms with E-state index < -0.39 is 5.97 Å². The van der Waals surface area contributed by atoms with Crippen LogP contribution in [0.25, 0.3) is 0 Å². The van der Waals surface area contributed by atoms with Crippen LogP contribution in [0.3, 0.4) is 0 Å². The van der Waals surface area contributed by atoms with Gasteiger partial charge in [-0.3, -0.25) is 4.79 Å². The van der Waals surface area contributed by atoms with Crippen LogP contribution in [0.4, 0.5) is 11.4 Å². The number of nitrogens with two attached hydrogens (primary N) is 1. The van der Waals surface area contributed by atoms with E-state index in [1.807, 2.05) is 11.8 Å². The first kappa shape index (κ1) is 16.8. The molecule has 1 rings (SSSR count). The number of carbonyl (C=O) groups excluding carboxylic acids is 2. The van der Waals surface area contributed by atoms with Crippen molar-refractivity contribution in [1.29, 1.82) is 0 Å². The van der Waals surface area contributed by atoms with Crippen LogP contribution in [0.5, 0.6) is 0 Å². The molecule has 21 heavy (non-hydrogen) atoms. The molecule has 0 bridgehead atoms. The van der Waals surface area contributed by atoms with Crippen molar-refractivity contribution < 1.29 is 14.3 Å². The standard InChI is InChI=1S/C15H23N3O3/c1-5-18(10-14(19)17(3)4)13-8-7-11(9-12(13)16)15(20)21-6-2/h7-9H,5-6,10,16H2,1-4H3. The van der Waals surface area contributed by atoms with E-state index in [0.717, 1.165) is 5.69 Å². The minimum Gasteiger partial charge on any atom is -0.462 e. The van der Waals surface area contributed by atoms with Crippen molar-refractivity contribution in [3.05, 3.63) is 23.8 Å². The van der Waals surface area contributed by atoms with E-state index in [0.29, 0.717) is 24.4 Å². The van der Waals surface area contributed by atoms with Gasteiger partial charge in [0.15, 0.2) is 0 Å². The number of amides is 1. The van der Waals surface area contributed by atoms with Crippen LogP contribution in [-0.2, 0) is 9.53 Å². The summed E-state index contributed by atoms with van der Waals surface area (Å²) in [6.45, 7) is 4.90. The van der Waals surface area contributed by atoms with Crippen LogP contribution in [-0.4, -0.2) is 50.6 Å². The lowest BCUT2D eigenvalue weighted by molar-refractivity contribution is -0.127. The van der Waals surface area contributed by atoms with Crippen LogP contribution in [0, 0.1) is 0 Å². The topological polar surface area (TPSA) is 75.9 Å². The number of ether oxygens (including phenoxy) is 1. The first-order chi connectivity index (χ1) is 9.90. The average Bonchev–Trinajstić information content (AvgIpc) is 2.44. The predicted molar refractivity (Wildman–Crippen MR) is 83.4 cm³/mol. The highest BCUT2D eigenvalue weighted by atomic mass is 16.5. The van der Waals surface area contributed by atoms with Crippen molar-refractivity contribution in [1.82, 2.24) is 4.90 Å². The summed E-state index contributed by atoms with van der Waals surface area (Å²) in [4.78, 5) is 26.9. The van der Waals surface area contributed by atoms with Gasteiger partial charge in [0.2, 0.25) is 5.91 Å². The van der Waals surface area contributed by atoms with Crippen molar-refractivity contribution in [2.45, 2.75) is 13.8 Å². The fourth-order valence-electron chi connectivity index (χ4n) is 1.86. The molecule has 1 aromatic carbocycles. The zero-order chi connectivity index (χ0) is 16.0. The average molecular weight is 293 g/mol. The Bertz CT molecular complexity index is 515. The minimum atomic E-state index is -0.400. The van der Waals surface area contributed by atoms with E-state index in [1.54, 1.807) is 39.2 Å². The molecule has 0 aliphatic carbocycles. The molecule has 0 spiro atoms. The van der Waals surface area contributed by atoms with Gasteiger partial charge in [-0.25, -0.2) is 4.79 Å². The number of rotatable bonds is 6. The highest BCUT2D eigenvalue weighted by Crippen LogP contribution is 2.24. The summed E-state index contributed by atoms with van der Waals surface area (Å²) in [5, 5.41) is 0. The van der Waals surface area contributed by atoms with Crippen LogP contribution in [0.15, 0.2) is 18.2 Å². The molecule has 6 heteroatoms. The van der Waals surface area contributed by atoms with Gasteiger partial charge in [0.25, 0.3) is 0 Å². The van der Waals surface area contributed by atoms with E-state index >= 15 is 0 Å². The summed E-state index contributed by atoms with van der Waals surface area (Å²) < 4.78 is 4.94. The molecule has 2 N–H and O–H groups in total. The van der Waals surface area contributed by atoms with Gasteiger partial charge in [-0.1, -0.05) is 0 Å².